The number of anilines is 1. The summed E-state index contributed by atoms with van der Waals surface area (Å²) in [4.78, 5) is 25.0. The number of ether oxygens (including phenoxy) is 3. The van der Waals surface area contributed by atoms with Gasteiger partial charge in [0.2, 0.25) is 0 Å². The molecule has 32 heavy (non-hydrogen) atoms. The number of nitrogens with zero attached hydrogens (tertiary/aromatic N) is 2. The number of carbonyl (C=O) groups excluding carboxylic acids is 1. The number of nitro groups is 1. The minimum Gasteiger partial charge on any atom is -0.502 e. The summed E-state index contributed by atoms with van der Waals surface area (Å²) in [5.41, 5.74) is 1.24. The predicted octanol–water partition coefficient (Wildman–Crippen LogP) is 2.95. The number of nitrogens with one attached hydrogen (secondary N) is 1. The second kappa shape index (κ2) is 8.35. The second-order valence-electron chi connectivity index (χ2n) is 7.04. The average Bonchev–Trinajstić information content (AvgIpc) is 2.78. The lowest BCUT2D eigenvalue weighted by Crippen LogP contribution is -2.48. The van der Waals surface area contributed by atoms with Crippen molar-refractivity contribution in [1.82, 2.24) is 5.32 Å². The molecule has 2 aliphatic rings. The van der Waals surface area contributed by atoms with E-state index in [1.807, 2.05) is 0 Å². The van der Waals surface area contributed by atoms with Gasteiger partial charge in [-0.15, -0.1) is 0 Å². The molecule has 2 heterocycles. The Labute approximate surface area is 188 Å². The van der Waals surface area contributed by atoms with E-state index < -0.39 is 28.4 Å². The maximum absolute atomic E-state index is 12.7. The number of fused-ring (bicyclic) bond motifs is 1. The van der Waals surface area contributed by atoms with Crippen LogP contribution in [0.4, 0.5) is 11.4 Å². The Morgan fingerprint density at radius 1 is 1.25 bits per heavy atom. The van der Waals surface area contributed by atoms with E-state index in [1.54, 1.807) is 30.0 Å². The Morgan fingerprint density at radius 2 is 1.97 bits per heavy atom. The number of benzene rings is 2. The Bertz CT molecular complexity index is 1160. The van der Waals surface area contributed by atoms with Gasteiger partial charge in [-0.3, -0.25) is 15.0 Å². The number of rotatable bonds is 4. The molecule has 2 aliphatic heterocycles. The van der Waals surface area contributed by atoms with E-state index in [-0.39, 0.29) is 10.7 Å². The SMILES string of the molecule is COC(=O)C1=C(C)N(c2ccc3c(c2)OCCO3)C(=S)NC1c1ccc(O)c([N+](=O)[O-])c1. The predicted molar refractivity (Wildman–Crippen MR) is 118 cm³/mol. The van der Waals surface area contributed by atoms with Gasteiger partial charge < -0.3 is 24.6 Å². The molecule has 0 saturated heterocycles. The van der Waals surface area contributed by atoms with Crippen molar-refractivity contribution < 1.29 is 29.0 Å². The van der Waals surface area contributed by atoms with Crippen molar-refractivity contribution in [3.63, 3.8) is 0 Å². The molecule has 0 bridgehead atoms. The summed E-state index contributed by atoms with van der Waals surface area (Å²) in [5, 5.41) is 24.4. The van der Waals surface area contributed by atoms with Crippen molar-refractivity contribution in [3.05, 3.63) is 63.3 Å². The van der Waals surface area contributed by atoms with Gasteiger partial charge in [0.05, 0.1) is 29.3 Å². The van der Waals surface area contributed by atoms with Crippen LogP contribution >= 0.6 is 12.2 Å². The topological polar surface area (TPSA) is 123 Å². The van der Waals surface area contributed by atoms with Crippen LogP contribution < -0.4 is 19.7 Å². The first-order chi connectivity index (χ1) is 15.3. The number of aromatic hydroxyl groups is 1. The van der Waals surface area contributed by atoms with Crippen LogP contribution in [0.2, 0.25) is 0 Å². The largest absolute Gasteiger partial charge is 0.502 e. The highest BCUT2D eigenvalue weighted by Crippen LogP contribution is 2.40. The number of phenolic OH excluding ortho intramolecular Hbond substituents is 1. The standard InChI is InChI=1S/C21H19N3O7S/c1-11-18(20(26)29-2)19(12-3-5-15(25)14(9-12)24(27)28)22-21(32)23(11)13-4-6-16-17(10-13)31-8-7-30-16/h3-6,9-10,19,25H,7-8H2,1-2H3,(H,22,32). The molecule has 2 aromatic carbocycles. The van der Waals surface area contributed by atoms with Crippen LogP contribution in [0.15, 0.2) is 47.7 Å². The smallest absolute Gasteiger partial charge is 0.337 e. The van der Waals surface area contributed by atoms with Crippen molar-refractivity contribution in [2.24, 2.45) is 0 Å². The van der Waals surface area contributed by atoms with Crippen LogP contribution in [0.5, 0.6) is 17.2 Å². The Balaban J connectivity index is 1.82. The van der Waals surface area contributed by atoms with E-state index in [4.69, 9.17) is 26.4 Å². The molecule has 0 saturated carbocycles. The van der Waals surface area contributed by atoms with Crippen molar-refractivity contribution in [2.45, 2.75) is 13.0 Å². The van der Waals surface area contributed by atoms with Gasteiger partial charge in [-0.1, -0.05) is 6.07 Å². The highest BCUT2D eigenvalue weighted by Gasteiger charge is 2.36. The number of allylic oxidation sites excluding steroid dienone is 1. The fourth-order valence-corrected chi connectivity index (χ4v) is 4.08. The quantitative estimate of drug-likeness (QED) is 0.306. The molecule has 0 radical (unpaired) electrons. The van der Waals surface area contributed by atoms with E-state index in [1.165, 1.54) is 25.3 Å². The van der Waals surface area contributed by atoms with Gasteiger partial charge in [0.25, 0.3) is 0 Å². The number of thiocarbonyl (C=S) groups is 1. The Morgan fingerprint density at radius 3 is 2.66 bits per heavy atom. The number of hydrogen-bond donors (Lipinski definition) is 2. The Hall–Kier alpha value is -3.86. The van der Waals surface area contributed by atoms with Crippen molar-refractivity contribution >= 4 is 34.7 Å². The molecule has 10 nitrogen and oxygen atoms in total. The highest BCUT2D eigenvalue weighted by molar-refractivity contribution is 7.80. The summed E-state index contributed by atoms with van der Waals surface area (Å²) < 4.78 is 16.2. The van der Waals surface area contributed by atoms with Crippen LogP contribution in [0, 0.1) is 10.1 Å². The number of phenols is 1. The third kappa shape index (κ3) is 3.66. The number of esters is 1. The zero-order valence-electron chi connectivity index (χ0n) is 17.2. The second-order valence-corrected chi connectivity index (χ2v) is 7.43. The summed E-state index contributed by atoms with van der Waals surface area (Å²) >= 11 is 5.58. The lowest BCUT2D eigenvalue weighted by Gasteiger charge is -2.37. The monoisotopic (exact) mass is 457 g/mol. The van der Waals surface area contributed by atoms with Gasteiger partial charge in [0, 0.05) is 17.8 Å². The fourth-order valence-electron chi connectivity index (χ4n) is 3.72. The molecule has 0 fully saturated rings. The van der Waals surface area contributed by atoms with Gasteiger partial charge in [-0.05, 0) is 42.9 Å². The molecule has 0 aliphatic carbocycles. The molecule has 4 rings (SSSR count). The summed E-state index contributed by atoms with van der Waals surface area (Å²) in [6.45, 7) is 2.59. The lowest BCUT2D eigenvalue weighted by atomic mass is 9.94. The number of carbonyl (C=O) groups is 1. The third-order valence-electron chi connectivity index (χ3n) is 5.20. The van der Waals surface area contributed by atoms with Crippen LogP contribution in [0.3, 0.4) is 0 Å². The summed E-state index contributed by atoms with van der Waals surface area (Å²) in [6, 6.07) is 8.37. The van der Waals surface area contributed by atoms with Gasteiger partial charge in [-0.2, -0.15) is 0 Å². The minimum absolute atomic E-state index is 0.218. The zero-order valence-corrected chi connectivity index (χ0v) is 18.0. The van der Waals surface area contributed by atoms with Crippen LogP contribution in [-0.2, 0) is 9.53 Å². The molecule has 1 unspecified atom stereocenters. The molecule has 0 spiro atoms. The van der Waals surface area contributed by atoms with E-state index >= 15 is 0 Å². The zero-order chi connectivity index (χ0) is 23.0. The van der Waals surface area contributed by atoms with E-state index in [9.17, 15) is 20.0 Å². The summed E-state index contributed by atoms with van der Waals surface area (Å²) in [7, 11) is 1.25. The van der Waals surface area contributed by atoms with Gasteiger partial charge in [-0.25, -0.2) is 4.79 Å². The summed E-state index contributed by atoms with van der Waals surface area (Å²) in [6.07, 6.45) is 0. The van der Waals surface area contributed by atoms with Crippen LogP contribution in [-0.4, -0.2) is 41.4 Å². The van der Waals surface area contributed by atoms with Gasteiger partial charge in [0.1, 0.15) is 13.2 Å². The molecule has 2 N–H and O–H groups in total. The van der Waals surface area contributed by atoms with E-state index in [0.29, 0.717) is 41.7 Å². The molecule has 166 valence electrons. The van der Waals surface area contributed by atoms with Crippen molar-refractivity contribution in [1.29, 1.82) is 0 Å². The first kappa shape index (κ1) is 21.4. The van der Waals surface area contributed by atoms with Gasteiger partial charge in [0.15, 0.2) is 22.4 Å². The van der Waals surface area contributed by atoms with Crippen molar-refractivity contribution in [3.8, 4) is 17.2 Å². The van der Waals surface area contributed by atoms with Gasteiger partial charge >= 0.3 is 11.7 Å². The first-order valence-electron chi connectivity index (χ1n) is 9.58. The maximum Gasteiger partial charge on any atom is 0.337 e. The number of methoxy groups -OCH3 is 1. The number of hydrogen-bond acceptors (Lipinski definition) is 8. The maximum atomic E-state index is 12.7. The molecule has 0 aromatic heterocycles. The number of nitro benzene ring substituents is 1. The molecule has 1 atom stereocenters. The van der Waals surface area contributed by atoms with Crippen LogP contribution in [0.1, 0.15) is 18.5 Å². The molecule has 11 heteroatoms. The van der Waals surface area contributed by atoms with Crippen LogP contribution in [0.25, 0.3) is 0 Å². The summed E-state index contributed by atoms with van der Waals surface area (Å²) in [5.74, 6) is 0.0661. The lowest BCUT2D eigenvalue weighted by molar-refractivity contribution is -0.385. The average molecular weight is 457 g/mol. The van der Waals surface area contributed by atoms with E-state index in [2.05, 4.69) is 5.32 Å². The van der Waals surface area contributed by atoms with Crippen molar-refractivity contribution in [2.75, 3.05) is 25.2 Å². The molecule has 0 amide bonds. The molecule has 2 aromatic rings. The molecular weight excluding hydrogens is 438 g/mol. The third-order valence-corrected chi connectivity index (χ3v) is 5.50. The minimum atomic E-state index is -0.817. The Kier molecular flexibility index (Phi) is 5.57. The first-order valence-corrected chi connectivity index (χ1v) is 9.99. The fraction of sp³-hybridized carbons (Fsp3) is 0.238. The normalized spacial score (nSPS) is 17.6. The van der Waals surface area contributed by atoms with E-state index in [0.717, 1.165) is 0 Å². The highest BCUT2D eigenvalue weighted by atomic mass is 32.1. The molecular formula is C21H19N3O7S.